The Hall–Kier alpha value is -2.83. The first-order chi connectivity index (χ1) is 12.0. The molecule has 0 spiro atoms. The molecule has 7 heteroatoms. The van der Waals surface area contributed by atoms with Gasteiger partial charge in [-0.05, 0) is 44.9 Å². The monoisotopic (exact) mass is 343 g/mol. The first kappa shape index (κ1) is 17.0. The van der Waals surface area contributed by atoms with E-state index in [9.17, 15) is 14.7 Å². The number of phenols is 1. The van der Waals surface area contributed by atoms with Crippen LogP contribution in [0.15, 0.2) is 24.3 Å². The van der Waals surface area contributed by atoms with Crippen molar-refractivity contribution in [3.63, 3.8) is 0 Å². The Balaban J connectivity index is 1.86. The Morgan fingerprint density at radius 3 is 2.80 bits per heavy atom. The highest BCUT2D eigenvalue weighted by molar-refractivity contribution is 5.83. The molecule has 1 aromatic heterocycles. The number of hydrogen-bond acceptors (Lipinski definition) is 5. The molecule has 25 heavy (non-hydrogen) atoms. The second kappa shape index (κ2) is 6.96. The molecule has 1 saturated carbocycles. The summed E-state index contributed by atoms with van der Waals surface area (Å²) in [5.74, 6) is -0.0985. The Morgan fingerprint density at radius 1 is 1.36 bits per heavy atom. The highest BCUT2D eigenvalue weighted by Gasteiger charge is 2.30. The number of rotatable bonds is 5. The molecule has 1 aliphatic rings. The smallest absolute Gasteiger partial charge is 0.342 e. The number of nitrogens with one attached hydrogen (secondary N) is 1. The molecule has 2 N–H and O–H groups in total. The predicted octanol–water partition coefficient (Wildman–Crippen LogP) is 2.56. The van der Waals surface area contributed by atoms with Crippen LogP contribution in [0, 0.1) is 6.92 Å². The van der Waals surface area contributed by atoms with Crippen LogP contribution in [0.3, 0.4) is 0 Å². The Morgan fingerprint density at radius 2 is 2.12 bits per heavy atom. The molecule has 1 heterocycles. The van der Waals surface area contributed by atoms with Crippen molar-refractivity contribution in [2.75, 3.05) is 13.2 Å². The number of esters is 1. The lowest BCUT2D eigenvalue weighted by atomic mass is 10.1. The van der Waals surface area contributed by atoms with E-state index in [1.54, 1.807) is 13.0 Å². The first-order valence-corrected chi connectivity index (χ1v) is 8.33. The minimum atomic E-state index is -0.493. The minimum absolute atomic E-state index is 0.115. The Bertz CT molecular complexity index is 809. The summed E-state index contributed by atoms with van der Waals surface area (Å²) in [5.41, 5.74) is 2.90. The first-order valence-electron chi connectivity index (χ1n) is 8.33. The number of benzene rings is 1. The number of nitrogens with zero attached hydrogens (tertiary/aromatic N) is 2. The summed E-state index contributed by atoms with van der Waals surface area (Å²) in [6.45, 7) is 3.69. The second-order valence-electron chi connectivity index (χ2n) is 6.12. The highest BCUT2D eigenvalue weighted by Crippen LogP contribution is 2.42. The molecular formula is C18H21N3O4. The zero-order valence-corrected chi connectivity index (χ0v) is 14.3. The fraction of sp³-hybridized carbons (Fsp3) is 0.389. The molecule has 1 fully saturated rings. The average molecular weight is 343 g/mol. The summed E-state index contributed by atoms with van der Waals surface area (Å²) in [6.07, 6.45) is 1.99. The zero-order chi connectivity index (χ0) is 18.0. The van der Waals surface area contributed by atoms with Crippen LogP contribution < -0.4 is 5.32 Å². The van der Waals surface area contributed by atoms with Crippen LogP contribution in [-0.4, -0.2) is 40.0 Å². The zero-order valence-electron chi connectivity index (χ0n) is 14.3. The highest BCUT2D eigenvalue weighted by atomic mass is 16.5. The van der Waals surface area contributed by atoms with Crippen molar-refractivity contribution in [1.82, 2.24) is 15.1 Å². The number of aryl methyl sites for hydroxylation is 1. The SMILES string of the molecule is CCOC(=O)CNC(=O)n1nc(-c2cc(C)ccc2O)cc1C1CC1. The predicted molar refractivity (Wildman–Crippen MR) is 91.5 cm³/mol. The fourth-order valence-electron chi connectivity index (χ4n) is 2.65. The van der Waals surface area contributed by atoms with Crippen LogP contribution >= 0.6 is 0 Å². The summed E-state index contributed by atoms with van der Waals surface area (Å²) in [6, 6.07) is 6.60. The van der Waals surface area contributed by atoms with Gasteiger partial charge in [0.15, 0.2) is 0 Å². The maximum atomic E-state index is 12.4. The maximum Gasteiger partial charge on any atom is 0.342 e. The van der Waals surface area contributed by atoms with E-state index in [1.807, 2.05) is 25.1 Å². The van der Waals surface area contributed by atoms with Crippen molar-refractivity contribution in [3.8, 4) is 17.0 Å². The van der Waals surface area contributed by atoms with Crippen molar-refractivity contribution in [3.05, 3.63) is 35.5 Å². The van der Waals surface area contributed by atoms with Crippen molar-refractivity contribution in [2.24, 2.45) is 0 Å². The van der Waals surface area contributed by atoms with Crippen LogP contribution in [-0.2, 0) is 9.53 Å². The largest absolute Gasteiger partial charge is 0.507 e. The standard InChI is InChI=1S/C18H21N3O4/c1-3-25-17(23)10-19-18(24)21-15(12-5-6-12)9-14(20-21)13-8-11(2)4-7-16(13)22/h4,7-9,12,22H,3,5-6,10H2,1-2H3,(H,19,24). The van der Waals surface area contributed by atoms with Gasteiger partial charge >= 0.3 is 12.0 Å². The molecule has 7 nitrogen and oxygen atoms in total. The summed E-state index contributed by atoms with van der Waals surface area (Å²) in [5, 5.41) is 17.0. The van der Waals surface area contributed by atoms with Crippen molar-refractivity contribution in [1.29, 1.82) is 0 Å². The van der Waals surface area contributed by atoms with Crippen LogP contribution in [0.2, 0.25) is 0 Å². The lowest BCUT2D eigenvalue weighted by Gasteiger charge is -2.07. The number of carbonyl (C=O) groups is 2. The van der Waals surface area contributed by atoms with Gasteiger partial charge in [0.1, 0.15) is 12.3 Å². The van der Waals surface area contributed by atoms with E-state index in [4.69, 9.17) is 4.74 Å². The number of carbonyl (C=O) groups excluding carboxylic acids is 2. The third-order valence-corrected chi connectivity index (χ3v) is 4.04. The van der Waals surface area contributed by atoms with Crippen LogP contribution in [0.1, 0.15) is 36.9 Å². The third-order valence-electron chi connectivity index (χ3n) is 4.04. The van der Waals surface area contributed by atoms with Gasteiger partial charge in [-0.15, -0.1) is 0 Å². The summed E-state index contributed by atoms with van der Waals surface area (Å²) in [4.78, 5) is 23.8. The molecule has 132 valence electrons. The summed E-state index contributed by atoms with van der Waals surface area (Å²) in [7, 11) is 0. The van der Waals surface area contributed by atoms with Crippen LogP contribution in [0.25, 0.3) is 11.3 Å². The third kappa shape index (κ3) is 3.81. The van der Waals surface area contributed by atoms with Gasteiger partial charge in [0.25, 0.3) is 0 Å². The van der Waals surface area contributed by atoms with Crippen LogP contribution in [0.5, 0.6) is 5.75 Å². The lowest BCUT2D eigenvalue weighted by Crippen LogP contribution is -2.35. The van der Waals surface area contributed by atoms with Crippen molar-refractivity contribution < 1.29 is 19.4 Å². The molecule has 0 unspecified atom stereocenters. The van der Waals surface area contributed by atoms with Gasteiger partial charge in [-0.1, -0.05) is 11.6 Å². The van der Waals surface area contributed by atoms with Crippen LogP contribution in [0.4, 0.5) is 4.79 Å². The minimum Gasteiger partial charge on any atom is -0.507 e. The molecule has 0 radical (unpaired) electrons. The number of ether oxygens (including phenoxy) is 1. The molecule has 0 aliphatic heterocycles. The molecule has 0 bridgehead atoms. The number of amides is 1. The summed E-state index contributed by atoms with van der Waals surface area (Å²) >= 11 is 0. The van der Waals surface area contributed by atoms with E-state index in [0.717, 1.165) is 24.1 Å². The van der Waals surface area contributed by atoms with E-state index < -0.39 is 12.0 Å². The average Bonchev–Trinajstić information content (AvgIpc) is 3.34. The van der Waals surface area contributed by atoms with Gasteiger partial charge in [0, 0.05) is 11.5 Å². The number of hydrogen-bond donors (Lipinski definition) is 2. The lowest BCUT2D eigenvalue weighted by molar-refractivity contribution is -0.141. The topological polar surface area (TPSA) is 93.5 Å². The van der Waals surface area contributed by atoms with E-state index in [2.05, 4.69) is 10.4 Å². The van der Waals surface area contributed by atoms with E-state index in [0.29, 0.717) is 11.3 Å². The molecule has 3 rings (SSSR count). The van der Waals surface area contributed by atoms with Gasteiger partial charge in [0.2, 0.25) is 0 Å². The molecule has 1 aromatic carbocycles. The molecular weight excluding hydrogens is 322 g/mol. The number of phenolic OH excluding ortho intramolecular Hbond substituents is 1. The van der Waals surface area contributed by atoms with Gasteiger partial charge in [-0.2, -0.15) is 9.78 Å². The van der Waals surface area contributed by atoms with Gasteiger partial charge in [-0.25, -0.2) is 4.79 Å². The normalized spacial score (nSPS) is 13.5. The molecule has 1 amide bonds. The molecule has 0 saturated heterocycles. The van der Waals surface area contributed by atoms with Crippen molar-refractivity contribution in [2.45, 2.75) is 32.6 Å². The van der Waals surface area contributed by atoms with E-state index >= 15 is 0 Å². The Labute approximate surface area is 145 Å². The summed E-state index contributed by atoms with van der Waals surface area (Å²) < 4.78 is 6.09. The van der Waals surface area contributed by atoms with E-state index in [1.165, 1.54) is 4.68 Å². The Kier molecular flexibility index (Phi) is 4.74. The number of aromatic hydroxyl groups is 1. The van der Waals surface area contributed by atoms with Crippen molar-refractivity contribution >= 4 is 12.0 Å². The van der Waals surface area contributed by atoms with Gasteiger partial charge in [-0.3, -0.25) is 4.79 Å². The fourth-order valence-corrected chi connectivity index (χ4v) is 2.65. The quantitative estimate of drug-likeness (QED) is 0.814. The molecule has 0 atom stereocenters. The maximum absolute atomic E-state index is 12.4. The van der Waals surface area contributed by atoms with E-state index in [-0.39, 0.29) is 24.8 Å². The molecule has 2 aromatic rings. The second-order valence-corrected chi connectivity index (χ2v) is 6.12. The molecule has 1 aliphatic carbocycles. The number of aromatic nitrogens is 2. The van der Waals surface area contributed by atoms with Gasteiger partial charge < -0.3 is 15.2 Å². The van der Waals surface area contributed by atoms with Gasteiger partial charge in [0.05, 0.1) is 18.0 Å².